The number of aliphatic carboxylic acids is 1. The van der Waals surface area contributed by atoms with Crippen LogP contribution in [0.1, 0.15) is 0 Å². The number of nitrogens with zero attached hydrogens (tertiary/aromatic N) is 2. The van der Waals surface area contributed by atoms with Crippen LogP contribution in [0.25, 0.3) is 0 Å². The lowest BCUT2D eigenvalue weighted by Gasteiger charge is -2.13. The van der Waals surface area contributed by atoms with Gasteiger partial charge in [-0.1, -0.05) is 0 Å². The number of sulfonamides is 1. The van der Waals surface area contributed by atoms with Crippen LogP contribution in [-0.4, -0.2) is 48.9 Å². The highest BCUT2D eigenvalue weighted by atomic mass is 32.2. The molecule has 37 heavy (non-hydrogen) atoms. The van der Waals surface area contributed by atoms with E-state index in [4.69, 9.17) is 9.90 Å². The SMILES string of the molecule is CNS(=O)(=O)c1ccc(SC)c(Nc2cc(Nc3cc(F)c(F)c(F)c3)ncn2)c1.O=C(O)C(F)(F)F. The molecule has 0 amide bonds. The molecule has 0 unspecified atom stereocenters. The van der Waals surface area contributed by atoms with Gasteiger partial charge in [-0.3, -0.25) is 0 Å². The molecule has 1 heterocycles. The zero-order chi connectivity index (χ0) is 28.0. The predicted molar refractivity (Wildman–Crippen MR) is 123 cm³/mol. The third-order valence-electron chi connectivity index (χ3n) is 4.18. The molecule has 3 rings (SSSR count). The zero-order valence-electron chi connectivity index (χ0n) is 18.7. The van der Waals surface area contributed by atoms with Crippen LogP contribution >= 0.6 is 11.8 Å². The molecule has 0 saturated heterocycles. The summed E-state index contributed by atoms with van der Waals surface area (Å²) in [5.41, 5.74) is 0.449. The maximum atomic E-state index is 13.4. The van der Waals surface area contributed by atoms with E-state index >= 15 is 0 Å². The summed E-state index contributed by atoms with van der Waals surface area (Å²) in [6, 6.07) is 7.63. The number of nitrogens with one attached hydrogen (secondary N) is 3. The first-order valence-corrected chi connectivity index (χ1v) is 12.3. The van der Waals surface area contributed by atoms with E-state index in [-0.39, 0.29) is 16.4 Å². The zero-order valence-corrected chi connectivity index (χ0v) is 20.3. The number of aromatic nitrogens is 2. The third kappa shape index (κ3) is 8.22. The van der Waals surface area contributed by atoms with Crippen molar-refractivity contribution < 1.29 is 44.7 Å². The highest BCUT2D eigenvalue weighted by molar-refractivity contribution is 7.98. The normalized spacial score (nSPS) is 11.4. The van der Waals surface area contributed by atoms with Crippen molar-refractivity contribution in [2.24, 2.45) is 0 Å². The lowest BCUT2D eigenvalue weighted by atomic mass is 10.3. The maximum Gasteiger partial charge on any atom is 0.490 e. The number of carbonyl (C=O) groups is 1. The topological polar surface area (TPSA) is 133 Å². The van der Waals surface area contributed by atoms with E-state index < -0.39 is 39.6 Å². The number of rotatable bonds is 7. The molecular formula is C20H17F6N5O4S2. The van der Waals surface area contributed by atoms with Crippen LogP contribution in [0.15, 0.2) is 52.5 Å². The Balaban J connectivity index is 0.000000604. The second-order valence-electron chi connectivity index (χ2n) is 6.66. The quantitative estimate of drug-likeness (QED) is 0.182. The van der Waals surface area contributed by atoms with Gasteiger partial charge in [-0.25, -0.2) is 41.1 Å². The summed E-state index contributed by atoms with van der Waals surface area (Å²) in [5, 5.41) is 12.8. The summed E-state index contributed by atoms with van der Waals surface area (Å²) < 4.78 is 98.0. The molecular weight excluding hydrogens is 552 g/mol. The summed E-state index contributed by atoms with van der Waals surface area (Å²) in [4.78, 5) is 17.8. The number of alkyl halides is 3. The van der Waals surface area contributed by atoms with Crippen molar-refractivity contribution in [3.05, 3.63) is 60.2 Å². The van der Waals surface area contributed by atoms with Crippen LogP contribution in [0.2, 0.25) is 0 Å². The molecule has 2 aromatic carbocycles. The van der Waals surface area contributed by atoms with E-state index in [2.05, 4.69) is 25.3 Å². The van der Waals surface area contributed by atoms with E-state index in [0.29, 0.717) is 11.5 Å². The minimum Gasteiger partial charge on any atom is -0.475 e. The Labute approximate surface area is 210 Å². The van der Waals surface area contributed by atoms with E-state index in [0.717, 1.165) is 17.0 Å². The maximum absolute atomic E-state index is 13.4. The highest BCUT2D eigenvalue weighted by Crippen LogP contribution is 2.31. The van der Waals surface area contributed by atoms with Crippen LogP contribution in [0.5, 0.6) is 0 Å². The number of hydrogen-bond donors (Lipinski definition) is 4. The summed E-state index contributed by atoms with van der Waals surface area (Å²) in [7, 11) is -2.33. The van der Waals surface area contributed by atoms with Crippen molar-refractivity contribution in [3.63, 3.8) is 0 Å². The molecule has 0 fully saturated rings. The van der Waals surface area contributed by atoms with E-state index in [1.165, 1.54) is 43.3 Å². The molecule has 0 saturated carbocycles. The van der Waals surface area contributed by atoms with E-state index in [9.17, 15) is 34.8 Å². The molecule has 0 atom stereocenters. The monoisotopic (exact) mass is 569 g/mol. The average Bonchev–Trinajstić information content (AvgIpc) is 2.82. The Morgan fingerprint density at radius 3 is 2.00 bits per heavy atom. The molecule has 4 N–H and O–H groups in total. The van der Waals surface area contributed by atoms with Crippen molar-refractivity contribution in [2.45, 2.75) is 16.0 Å². The number of hydrogen-bond acceptors (Lipinski definition) is 8. The van der Waals surface area contributed by atoms with Gasteiger partial charge in [0.15, 0.2) is 17.5 Å². The minimum absolute atomic E-state index is 0.0389. The average molecular weight is 570 g/mol. The fraction of sp³-hybridized carbons (Fsp3) is 0.150. The van der Waals surface area contributed by atoms with Gasteiger partial charge in [0.05, 0.1) is 10.6 Å². The summed E-state index contributed by atoms with van der Waals surface area (Å²) in [5.74, 6) is -6.51. The molecule has 17 heteroatoms. The second-order valence-corrected chi connectivity index (χ2v) is 9.40. The molecule has 0 spiro atoms. The Hall–Kier alpha value is -3.57. The van der Waals surface area contributed by atoms with Crippen molar-refractivity contribution in [1.29, 1.82) is 0 Å². The molecule has 0 radical (unpaired) electrons. The number of thioether (sulfide) groups is 1. The van der Waals surface area contributed by atoms with E-state index in [1.807, 2.05) is 6.26 Å². The van der Waals surface area contributed by atoms with Crippen molar-refractivity contribution in [1.82, 2.24) is 14.7 Å². The molecule has 1 aromatic heterocycles. The van der Waals surface area contributed by atoms with Gasteiger partial charge in [-0.05, 0) is 31.5 Å². The van der Waals surface area contributed by atoms with Crippen LogP contribution in [0, 0.1) is 17.5 Å². The third-order valence-corrected chi connectivity index (χ3v) is 6.39. The number of halogens is 6. The van der Waals surface area contributed by atoms with Crippen LogP contribution < -0.4 is 15.4 Å². The Morgan fingerprint density at radius 1 is 0.973 bits per heavy atom. The highest BCUT2D eigenvalue weighted by Gasteiger charge is 2.38. The van der Waals surface area contributed by atoms with Crippen LogP contribution in [0.3, 0.4) is 0 Å². The molecule has 0 bridgehead atoms. The molecule has 200 valence electrons. The lowest BCUT2D eigenvalue weighted by Crippen LogP contribution is -2.21. The first-order chi connectivity index (χ1) is 17.2. The smallest absolute Gasteiger partial charge is 0.475 e. The molecule has 0 aliphatic carbocycles. The molecule has 3 aromatic rings. The number of anilines is 4. The minimum atomic E-state index is -5.08. The van der Waals surface area contributed by atoms with Crippen LogP contribution in [-0.2, 0) is 14.8 Å². The largest absolute Gasteiger partial charge is 0.490 e. The van der Waals surface area contributed by atoms with Gasteiger partial charge < -0.3 is 15.7 Å². The Morgan fingerprint density at radius 2 is 1.51 bits per heavy atom. The van der Waals surface area contributed by atoms with E-state index in [1.54, 1.807) is 6.07 Å². The number of carboxylic acids is 1. The summed E-state index contributed by atoms with van der Waals surface area (Å²) >= 11 is 1.40. The van der Waals surface area contributed by atoms with Crippen molar-refractivity contribution in [3.8, 4) is 0 Å². The Kier molecular flexibility index (Phi) is 9.71. The fourth-order valence-corrected chi connectivity index (χ4v) is 3.77. The van der Waals surface area contributed by atoms with Gasteiger partial charge >= 0.3 is 12.1 Å². The number of benzene rings is 2. The molecule has 0 aliphatic rings. The second kappa shape index (κ2) is 12.1. The van der Waals surface area contributed by atoms with Gasteiger partial charge in [-0.2, -0.15) is 13.2 Å². The van der Waals surface area contributed by atoms with Crippen LogP contribution in [0.4, 0.5) is 49.4 Å². The summed E-state index contributed by atoms with van der Waals surface area (Å²) in [6.45, 7) is 0. The first kappa shape index (κ1) is 29.7. The molecule has 0 aliphatic heterocycles. The Bertz CT molecular complexity index is 1370. The predicted octanol–water partition coefficient (Wildman–Crippen LogP) is 4.64. The summed E-state index contributed by atoms with van der Waals surface area (Å²) in [6.07, 6.45) is -2.05. The van der Waals surface area contributed by atoms with Gasteiger partial charge in [0, 0.05) is 28.8 Å². The standard InChI is InChI=1S/C18H16F3N5O2S2.C2HF3O2/c1-22-30(27,28)11-3-4-15(29-2)14(7-11)26-17-8-16(23-9-24-17)25-10-5-12(19)18(21)13(20)6-10;3-2(4,5)1(6)7/h3-9,22H,1-2H3,(H2,23,24,25,26);(H,6,7). The first-order valence-electron chi connectivity index (χ1n) is 9.60. The number of carboxylic acid groups (broad SMARTS) is 1. The van der Waals surface area contributed by atoms with Gasteiger partial charge in [0.25, 0.3) is 0 Å². The lowest BCUT2D eigenvalue weighted by molar-refractivity contribution is -0.192. The molecule has 9 nitrogen and oxygen atoms in total. The van der Waals surface area contributed by atoms with Crippen molar-refractivity contribution in [2.75, 3.05) is 23.9 Å². The van der Waals surface area contributed by atoms with Gasteiger partial charge in [-0.15, -0.1) is 11.8 Å². The fourth-order valence-electron chi connectivity index (χ4n) is 2.48. The van der Waals surface area contributed by atoms with Gasteiger partial charge in [0.1, 0.15) is 18.0 Å². The van der Waals surface area contributed by atoms with Crippen molar-refractivity contribution >= 4 is 50.8 Å². The van der Waals surface area contributed by atoms with Gasteiger partial charge in [0.2, 0.25) is 10.0 Å².